The average Bonchev–Trinajstić information content (AvgIpc) is 3.16. The number of furan rings is 1. The van der Waals surface area contributed by atoms with E-state index in [9.17, 15) is 13.2 Å². The number of carbonyl (C=O) groups excluding carboxylic acids is 1. The summed E-state index contributed by atoms with van der Waals surface area (Å²) in [5, 5.41) is 1.94. The molecule has 0 saturated carbocycles. The summed E-state index contributed by atoms with van der Waals surface area (Å²) in [6, 6.07) is 6.84. The summed E-state index contributed by atoms with van der Waals surface area (Å²) in [6.45, 7) is 0.414. The number of nitrogens with zero attached hydrogens (tertiary/aromatic N) is 1. The van der Waals surface area contributed by atoms with E-state index in [1.54, 1.807) is 28.4 Å². The van der Waals surface area contributed by atoms with Crippen molar-refractivity contribution in [3.8, 4) is 0 Å². The molecule has 1 atom stereocenters. The summed E-state index contributed by atoms with van der Waals surface area (Å²) in [5.41, 5.74) is 0. The molecule has 1 fully saturated rings. The van der Waals surface area contributed by atoms with Crippen LogP contribution in [0.5, 0.6) is 0 Å². The van der Waals surface area contributed by atoms with Gasteiger partial charge in [0.05, 0.1) is 24.3 Å². The van der Waals surface area contributed by atoms with Crippen LogP contribution in [-0.2, 0) is 16.4 Å². The molecule has 7 heteroatoms. The summed E-state index contributed by atoms with van der Waals surface area (Å²) in [5.74, 6) is 0.167. The van der Waals surface area contributed by atoms with Crippen LogP contribution in [0.25, 0.3) is 0 Å². The Hall–Kier alpha value is -1.60. The first-order valence-electron chi connectivity index (χ1n) is 6.62. The van der Waals surface area contributed by atoms with E-state index < -0.39 is 9.84 Å². The Kier molecular flexibility index (Phi) is 3.86. The highest BCUT2D eigenvalue weighted by atomic mass is 32.2. The van der Waals surface area contributed by atoms with Gasteiger partial charge in [-0.15, -0.1) is 11.3 Å². The largest absolute Gasteiger partial charge is 0.459 e. The molecule has 0 unspecified atom stereocenters. The van der Waals surface area contributed by atoms with Crippen LogP contribution in [0.15, 0.2) is 40.3 Å². The summed E-state index contributed by atoms with van der Waals surface area (Å²) >= 11 is 1.55. The van der Waals surface area contributed by atoms with Gasteiger partial charge in [-0.25, -0.2) is 8.42 Å². The van der Waals surface area contributed by atoms with Gasteiger partial charge in [-0.05, 0) is 30.0 Å². The molecule has 1 amide bonds. The van der Waals surface area contributed by atoms with Crippen LogP contribution in [0.2, 0.25) is 0 Å². The second-order valence-corrected chi connectivity index (χ2v) is 8.31. The number of sulfone groups is 1. The predicted octanol–water partition coefficient (Wildman–Crippen LogP) is 2.17. The van der Waals surface area contributed by atoms with Crippen molar-refractivity contribution in [2.24, 2.45) is 0 Å². The van der Waals surface area contributed by atoms with E-state index in [0.717, 1.165) is 4.88 Å². The Morgan fingerprint density at radius 2 is 2.24 bits per heavy atom. The number of hydrogen-bond acceptors (Lipinski definition) is 5. The third kappa shape index (κ3) is 3.19. The fraction of sp³-hybridized carbons (Fsp3) is 0.357. The average molecular weight is 325 g/mol. The Morgan fingerprint density at radius 3 is 2.81 bits per heavy atom. The van der Waals surface area contributed by atoms with Crippen LogP contribution in [0.4, 0.5) is 0 Å². The highest BCUT2D eigenvalue weighted by Crippen LogP contribution is 2.23. The Balaban J connectivity index is 1.86. The molecule has 0 aromatic carbocycles. The Bertz CT molecular complexity index is 704. The molecule has 0 aliphatic carbocycles. The van der Waals surface area contributed by atoms with Gasteiger partial charge in [0.15, 0.2) is 15.6 Å². The number of hydrogen-bond donors (Lipinski definition) is 0. The molecule has 1 aliphatic heterocycles. The number of thiophene rings is 1. The van der Waals surface area contributed by atoms with Crippen LogP contribution in [-0.4, -0.2) is 36.8 Å². The molecule has 1 aliphatic rings. The first-order valence-corrected chi connectivity index (χ1v) is 9.32. The molecule has 2 aromatic rings. The van der Waals surface area contributed by atoms with Crippen molar-refractivity contribution in [1.29, 1.82) is 0 Å². The summed E-state index contributed by atoms with van der Waals surface area (Å²) < 4.78 is 28.6. The molecule has 0 bridgehead atoms. The maximum Gasteiger partial charge on any atom is 0.290 e. The van der Waals surface area contributed by atoms with Crippen LogP contribution >= 0.6 is 11.3 Å². The molecule has 0 radical (unpaired) electrons. The van der Waals surface area contributed by atoms with E-state index in [-0.39, 0.29) is 29.2 Å². The first kappa shape index (κ1) is 14.3. The highest BCUT2D eigenvalue weighted by Gasteiger charge is 2.35. The maximum atomic E-state index is 12.6. The van der Waals surface area contributed by atoms with Gasteiger partial charge in [0.25, 0.3) is 5.91 Å². The summed E-state index contributed by atoms with van der Waals surface area (Å²) in [7, 11) is -3.04. The molecule has 112 valence electrons. The summed E-state index contributed by atoms with van der Waals surface area (Å²) in [6.07, 6.45) is 1.93. The molecule has 0 spiro atoms. The number of carbonyl (C=O) groups is 1. The molecular formula is C14H15NO4S2. The van der Waals surface area contributed by atoms with Gasteiger partial charge in [0.1, 0.15) is 0 Å². The van der Waals surface area contributed by atoms with E-state index in [1.165, 1.54) is 6.26 Å². The van der Waals surface area contributed by atoms with Crippen molar-refractivity contribution in [2.45, 2.75) is 19.0 Å². The zero-order valence-corrected chi connectivity index (χ0v) is 12.9. The zero-order chi connectivity index (χ0) is 14.9. The van der Waals surface area contributed by atoms with Gasteiger partial charge < -0.3 is 9.32 Å². The fourth-order valence-corrected chi connectivity index (χ4v) is 4.93. The van der Waals surface area contributed by atoms with Crippen molar-refractivity contribution in [3.05, 3.63) is 46.5 Å². The van der Waals surface area contributed by atoms with Gasteiger partial charge in [0.2, 0.25) is 0 Å². The van der Waals surface area contributed by atoms with E-state index >= 15 is 0 Å². The standard InChI is InChI=1S/C14H15NO4S2/c16-14(13-4-1-6-19-13)15(9-12-3-2-7-20-12)11-5-8-21(17,18)10-11/h1-4,6-7,11H,5,8-10H2/t11-/m1/s1. The van der Waals surface area contributed by atoms with Gasteiger partial charge in [0, 0.05) is 10.9 Å². The lowest BCUT2D eigenvalue weighted by molar-refractivity contribution is 0.0650. The Morgan fingerprint density at radius 1 is 1.38 bits per heavy atom. The SMILES string of the molecule is O=C(c1ccco1)N(Cc1cccs1)[C@@H]1CCS(=O)(=O)C1. The fourth-order valence-electron chi connectivity index (χ4n) is 2.50. The smallest absolute Gasteiger partial charge is 0.290 e. The third-order valence-corrected chi connectivity index (χ3v) is 6.16. The first-order chi connectivity index (χ1) is 10.1. The zero-order valence-electron chi connectivity index (χ0n) is 11.3. The minimum absolute atomic E-state index is 0.0326. The van der Waals surface area contributed by atoms with Gasteiger partial charge in [-0.1, -0.05) is 6.07 Å². The van der Waals surface area contributed by atoms with Crippen molar-refractivity contribution in [2.75, 3.05) is 11.5 Å². The number of rotatable bonds is 4. The number of amides is 1. The lowest BCUT2D eigenvalue weighted by atomic mass is 10.2. The quantitative estimate of drug-likeness (QED) is 0.864. The monoisotopic (exact) mass is 325 g/mol. The third-order valence-electron chi connectivity index (χ3n) is 3.55. The molecule has 1 saturated heterocycles. The van der Waals surface area contributed by atoms with Gasteiger partial charge >= 0.3 is 0 Å². The van der Waals surface area contributed by atoms with Crippen LogP contribution in [0.1, 0.15) is 21.9 Å². The van der Waals surface area contributed by atoms with E-state index in [0.29, 0.717) is 13.0 Å². The predicted molar refractivity (Wildman–Crippen MR) is 80.0 cm³/mol. The van der Waals surface area contributed by atoms with Crippen molar-refractivity contribution >= 4 is 27.1 Å². The maximum absolute atomic E-state index is 12.6. The normalized spacial score (nSPS) is 20.5. The lowest BCUT2D eigenvalue weighted by Gasteiger charge is -2.27. The van der Waals surface area contributed by atoms with E-state index in [4.69, 9.17) is 4.42 Å². The molecule has 2 aromatic heterocycles. The van der Waals surface area contributed by atoms with Crippen LogP contribution in [0.3, 0.4) is 0 Å². The van der Waals surface area contributed by atoms with Crippen molar-refractivity contribution in [3.63, 3.8) is 0 Å². The summed E-state index contributed by atoms with van der Waals surface area (Å²) in [4.78, 5) is 15.2. The van der Waals surface area contributed by atoms with E-state index in [1.807, 2.05) is 17.5 Å². The van der Waals surface area contributed by atoms with Crippen LogP contribution in [0, 0.1) is 0 Å². The second kappa shape index (κ2) is 5.65. The van der Waals surface area contributed by atoms with Gasteiger partial charge in [-0.2, -0.15) is 0 Å². The van der Waals surface area contributed by atoms with Gasteiger partial charge in [-0.3, -0.25) is 4.79 Å². The molecule has 3 heterocycles. The second-order valence-electron chi connectivity index (χ2n) is 5.05. The molecule has 0 N–H and O–H groups in total. The molecular weight excluding hydrogens is 310 g/mol. The minimum atomic E-state index is -3.04. The molecule has 5 nitrogen and oxygen atoms in total. The lowest BCUT2D eigenvalue weighted by Crippen LogP contribution is -2.40. The molecule has 21 heavy (non-hydrogen) atoms. The van der Waals surface area contributed by atoms with Crippen molar-refractivity contribution < 1.29 is 17.6 Å². The van der Waals surface area contributed by atoms with Crippen molar-refractivity contribution in [1.82, 2.24) is 4.90 Å². The topological polar surface area (TPSA) is 67.6 Å². The molecule has 3 rings (SSSR count). The van der Waals surface area contributed by atoms with E-state index in [2.05, 4.69) is 0 Å². The highest BCUT2D eigenvalue weighted by molar-refractivity contribution is 7.91. The van der Waals surface area contributed by atoms with Crippen LogP contribution < -0.4 is 0 Å². The minimum Gasteiger partial charge on any atom is -0.459 e. The Labute approximate surface area is 127 Å².